The van der Waals surface area contributed by atoms with Gasteiger partial charge in [0.05, 0.1) is 6.61 Å². The van der Waals surface area contributed by atoms with Crippen LogP contribution in [0.4, 0.5) is 4.39 Å². The van der Waals surface area contributed by atoms with E-state index in [0.717, 1.165) is 41.2 Å². The van der Waals surface area contributed by atoms with Gasteiger partial charge in [0, 0.05) is 64.4 Å². The van der Waals surface area contributed by atoms with Crippen LogP contribution in [0.15, 0.2) is 70.7 Å². The highest BCUT2D eigenvalue weighted by Crippen LogP contribution is 2.47. The van der Waals surface area contributed by atoms with Gasteiger partial charge in [-0.05, 0) is 88.5 Å². The first-order chi connectivity index (χ1) is 21.3. The second-order valence-corrected chi connectivity index (χ2v) is 12.8. The molecule has 3 heterocycles. The molecule has 0 aromatic carbocycles. The predicted octanol–water partition coefficient (Wildman–Crippen LogP) is 9.72. The lowest BCUT2D eigenvalue weighted by Gasteiger charge is -2.22. The summed E-state index contributed by atoms with van der Waals surface area (Å²) in [6.45, 7) is 14.2. The molecule has 0 amide bonds. The maximum atomic E-state index is 14.4. The molecule has 2 aliphatic carbocycles. The van der Waals surface area contributed by atoms with E-state index in [1.165, 1.54) is 37.6 Å². The van der Waals surface area contributed by atoms with E-state index in [1.807, 2.05) is 0 Å². The molecule has 5 nitrogen and oxygen atoms in total. The van der Waals surface area contributed by atoms with Gasteiger partial charge in [0.2, 0.25) is 5.95 Å². The number of aliphatic imine (C=N–C) groups is 1. The van der Waals surface area contributed by atoms with Crippen molar-refractivity contribution in [2.75, 3.05) is 13.2 Å². The molecule has 1 aliphatic heterocycles. The zero-order valence-corrected chi connectivity index (χ0v) is 27.7. The molecule has 5 rings (SSSR count). The second-order valence-electron chi connectivity index (χ2n) is 12.4. The number of allylic oxidation sites excluding steroid dienone is 6. The van der Waals surface area contributed by atoms with Gasteiger partial charge in [0.15, 0.2) is 0 Å². The molecule has 3 aliphatic rings. The number of hydrogen-bond acceptors (Lipinski definition) is 5. The summed E-state index contributed by atoms with van der Waals surface area (Å²) in [6, 6.07) is 3.92. The molecule has 7 heteroatoms. The van der Waals surface area contributed by atoms with E-state index in [-0.39, 0.29) is 16.9 Å². The Kier molecular flexibility index (Phi) is 10.4. The maximum absolute atomic E-state index is 14.4. The summed E-state index contributed by atoms with van der Waals surface area (Å²) < 4.78 is 20.5. The van der Waals surface area contributed by atoms with E-state index < -0.39 is 5.95 Å². The zero-order valence-electron chi connectivity index (χ0n) is 27.0. The van der Waals surface area contributed by atoms with Crippen molar-refractivity contribution >= 4 is 17.3 Å². The quantitative estimate of drug-likeness (QED) is 0.138. The van der Waals surface area contributed by atoms with Gasteiger partial charge in [0.1, 0.15) is 16.5 Å². The molecule has 2 fully saturated rings. The van der Waals surface area contributed by atoms with Gasteiger partial charge in [-0.15, -0.1) is 0 Å². The van der Waals surface area contributed by atoms with E-state index in [1.54, 1.807) is 6.07 Å². The number of halogens is 2. The molecule has 0 spiro atoms. The number of nitrogens with one attached hydrogen (secondary N) is 1. The van der Waals surface area contributed by atoms with Crippen molar-refractivity contribution in [2.24, 2.45) is 22.7 Å². The van der Waals surface area contributed by atoms with Crippen molar-refractivity contribution in [2.45, 2.75) is 85.5 Å². The molecule has 2 saturated carbocycles. The minimum Gasteiger partial charge on any atom is -0.490 e. The lowest BCUT2D eigenvalue weighted by atomic mass is 9.93. The van der Waals surface area contributed by atoms with E-state index in [0.29, 0.717) is 41.4 Å². The number of hydrogen-bond donors (Lipinski definition) is 1. The van der Waals surface area contributed by atoms with Crippen LogP contribution in [-0.4, -0.2) is 28.8 Å². The van der Waals surface area contributed by atoms with Crippen LogP contribution in [-0.2, 0) is 0 Å². The fraction of sp³-hybridized carbons (Fsp3) is 0.486. The summed E-state index contributed by atoms with van der Waals surface area (Å²) >= 11 is 6.40. The number of nitrogens with zero attached hydrogens (tertiary/aromatic N) is 3. The Balaban J connectivity index is 1.40. The van der Waals surface area contributed by atoms with Gasteiger partial charge in [-0.3, -0.25) is 4.99 Å². The Morgan fingerprint density at radius 1 is 1.16 bits per heavy atom. The smallest absolute Gasteiger partial charge is 0.232 e. The second kappa shape index (κ2) is 14.2. The van der Waals surface area contributed by atoms with Gasteiger partial charge in [0.25, 0.3) is 0 Å². The van der Waals surface area contributed by atoms with Crippen molar-refractivity contribution in [1.82, 2.24) is 15.3 Å². The molecular formula is C37H46ClFN4O. The molecule has 2 aromatic heterocycles. The van der Waals surface area contributed by atoms with Gasteiger partial charge in [-0.25, -0.2) is 9.97 Å². The van der Waals surface area contributed by atoms with Crippen LogP contribution in [0.5, 0.6) is 5.75 Å². The number of ether oxygens (including phenoxy) is 1. The van der Waals surface area contributed by atoms with Crippen LogP contribution in [0, 0.1) is 23.7 Å². The summed E-state index contributed by atoms with van der Waals surface area (Å²) in [7, 11) is 0. The third-order valence-corrected chi connectivity index (χ3v) is 9.59. The topological polar surface area (TPSA) is 59.4 Å². The molecule has 3 atom stereocenters. The monoisotopic (exact) mass is 616 g/mol. The normalized spacial score (nSPS) is 21.0. The Morgan fingerprint density at radius 3 is 2.57 bits per heavy atom. The number of aromatic nitrogens is 2. The Hall–Kier alpha value is -3.25. The fourth-order valence-corrected chi connectivity index (χ4v) is 6.12. The van der Waals surface area contributed by atoms with Crippen LogP contribution >= 0.6 is 11.6 Å². The Morgan fingerprint density at radius 2 is 1.93 bits per heavy atom. The summed E-state index contributed by atoms with van der Waals surface area (Å²) in [4.78, 5) is 13.9. The summed E-state index contributed by atoms with van der Waals surface area (Å²) in [5.74, 6) is 1.97. The highest BCUT2D eigenvalue weighted by atomic mass is 35.5. The zero-order chi connectivity index (χ0) is 31.4. The van der Waals surface area contributed by atoms with Crippen LogP contribution < -0.4 is 10.1 Å². The Bertz CT molecular complexity index is 1520. The molecular weight excluding hydrogens is 571 g/mol. The molecule has 0 radical (unpaired) electrons. The van der Waals surface area contributed by atoms with E-state index in [4.69, 9.17) is 26.3 Å². The first-order valence-electron chi connectivity index (χ1n) is 16.3. The molecule has 3 unspecified atom stereocenters. The predicted molar refractivity (Wildman–Crippen MR) is 180 cm³/mol. The lowest BCUT2D eigenvalue weighted by Crippen LogP contribution is -2.24. The summed E-state index contributed by atoms with van der Waals surface area (Å²) in [6.07, 6.45) is 18.2. The van der Waals surface area contributed by atoms with Crippen molar-refractivity contribution in [3.63, 3.8) is 0 Å². The van der Waals surface area contributed by atoms with Crippen LogP contribution in [0.2, 0.25) is 5.02 Å². The lowest BCUT2D eigenvalue weighted by molar-refractivity contribution is 0.337. The van der Waals surface area contributed by atoms with E-state index >= 15 is 0 Å². The minimum absolute atomic E-state index is 0.0247. The largest absolute Gasteiger partial charge is 0.490 e. The van der Waals surface area contributed by atoms with Crippen molar-refractivity contribution in [1.29, 1.82) is 0 Å². The molecule has 2 aromatic rings. The highest BCUT2D eigenvalue weighted by molar-refractivity contribution is 6.33. The van der Waals surface area contributed by atoms with E-state index in [9.17, 15) is 4.39 Å². The standard InChI is InChI=1S/C37H46ClFN4O/c1-7-22(5)32(42-31(10-4)26-13-14-26)16-15-24(8-2)30(9-3)41-20-29(25-11-12-25)33-19-28-23(6)21-44-36(28)35(43-33)27-17-18-40-37(39)34(27)38/h8-10,15-19,22-23,25-26,29,41H,7,11-14,20-21H2,1-6H3/b16-15-,24-8+,30-9?,31-10-,42-32+. The SMILES string of the molecule is CC=C(NCC(c1cc2c(c(-c3ccnc(F)c3Cl)n1)OCC2C)C1CC1)C(/C=C\C(=N/C(=C\C)C1CC1)C(C)CC)=C/C. The van der Waals surface area contributed by atoms with Crippen molar-refractivity contribution < 1.29 is 9.13 Å². The molecule has 1 N–H and O–H groups in total. The fourth-order valence-electron chi connectivity index (χ4n) is 5.92. The summed E-state index contributed by atoms with van der Waals surface area (Å²) in [5, 5.41) is 3.74. The molecule has 0 saturated heterocycles. The van der Waals surface area contributed by atoms with Crippen molar-refractivity contribution in [3.8, 4) is 17.0 Å². The first-order valence-corrected chi connectivity index (χ1v) is 16.6. The maximum Gasteiger partial charge on any atom is 0.232 e. The molecule has 44 heavy (non-hydrogen) atoms. The average Bonchev–Trinajstić information content (AvgIpc) is 3.97. The highest BCUT2D eigenvalue weighted by Gasteiger charge is 2.36. The van der Waals surface area contributed by atoms with Crippen molar-refractivity contribution in [3.05, 3.63) is 87.9 Å². The number of rotatable bonds is 13. The third kappa shape index (κ3) is 7.17. The van der Waals surface area contributed by atoms with Gasteiger partial charge in [-0.2, -0.15) is 4.39 Å². The average molecular weight is 617 g/mol. The van der Waals surface area contributed by atoms with Crippen LogP contribution in [0.1, 0.15) is 96.7 Å². The van der Waals surface area contributed by atoms with Gasteiger partial charge >= 0.3 is 0 Å². The number of fused-ring (bicyclic) bond motifs is 1. The Labute approximate surface area is 267 Å². The number of pyridine rings is 2. The van der Waals surface area contributed by atoms with Gasteiger partial charge < -0.3 is 10.1 Å². The molecule has 0 bridgehead atoms. The first kappa shape index (κ1) is 32.2. The van der Waals surface area contributed by atoms with E-state index in [2.05, 4.69) is 88.3 Å². The van der Waals surface area contributed by atoms with Crippen LogP contribution in [0.25, 0.3) is 11.3 Å². The van der Waals surface area contributed by atoms with Crippen LogP contribution in [0.3, 0.4) is 0 Å². The third-order valence-electron chi connectivity index (χ3n) is 9.23. The van der Waals surface area contributed by atoms with Gasteiger partial charge in [-0.1, -0.05) is 56.7 Å². The minimum atomic E-state index is -0.697. The summed E-state index contributed by atoms with van der Waals surface area (Å²) in [5.41, 5.74) is 7.81. The molecule has 234 valence electrons.